The fraction of sp³-hybridized carbons (Fsp3) is 0.436. The Bertz CT molecular complexity index is 3060. The van der Waals surface area contributed by atoms with Crippen LogP contribution in [0.2, 0.25) is 0 Å². The highest BCUT2D eigenvalue weighted by Gasteiger charge is 2.44. The van der Waals surface area contributed by atoms with Crippen LogP contribution in [0.5, 0.6) is 5.75 Å². The Morgan fingerprint density at radius 2 is 1.72 bits per heavy atom. The molecule has 2 fully saturated rings. The number of aliphatic hydroxyl groups excluding tert-OH is 1. The van der Waals surface area contributed by atoms with Crippen molar-refractivity contribution in [1.29, 1.82) is 0 Å². The van der Waals surface area contributed by atoms with E-state index in [0.29, 0.717) is 34.1 Å². The van der Waals surface area contributed by atoms with Gasteiger partial charge in [0.2, 0.25) is 23.7 Å². The number of likely N-dealkylation sites (tertiary alicyclic amines) is 1. The lowest BCUT2D eigenvalue weighted by Crippen LogP contribution is -2.57. The number of aromatic nitrogens is 5. The van der Waals surface area contributed by atoms with Gasteiger partial charge >= 0.3 is 0 Å². The van der Waals surface area contributed by atoms with Crippen molar-refractivity contribution < 1.29 is 28.8 Å². The van der Waals surface area contributed by atoms with Gasteiger partial charge in [-0.05, 0) is 90.3 Å². The number of amides is 3. The van der Waals surface area contributed by atoms with Crippen LogP contribution >= 0.6 is 34.4 Å². The quantitative estimate of drug-likeness (QED) is 0.0360. The van der Waals surface area contributed by atoms with Crippen molar-refractivity contribution in [3.05, 3.63) is 100 Å². The number of carbonyl (C=O) groups excluding carboxylic acids is 3. The third-order valence-electron chi connectivity index (χ3n) is 13.9. The number of benzene rings is 3. The molecule has 8 rings (SSSR count). The molecule has 5 N–H and O–H groups in total. The van der Waals surface area contributed by atoms with E-state index in [1.165, 1.54) is 4.90 Å². The second-order valence-corrected chi connectivity index (χ2v) is 26.0. The molecular formula is C55H70BrN12O6PS. The minimum Gasteiger partial charge on any atom is -0.494 e. The number of aliphatic hydroxyl groups is 1. The second kappa shape index (κ2) is 24.4. The molecule has 0 radical (unpaired) electrons. The molecule has 76 heavy (non-hydrogen) atoms. The summed E-state index contributed by atoms with van der Waals surface area (Å²) in [7, 11) is 1.08. The molecule has 2 unspecified atom stereocenters. The SMILES string of the molecule is COc1cc(N2CCN(CCCCCC(=O)N[C@H](C(=O)N3CC(O)CC3C(=O)NCc3ccc(-c4scnc4C)cc3)C(C)(C)C)CC2)c(-c2cnn(C)c2)cc1Nc1ncc(Br)c(Nc2cccc(P(C)(C)=O)c2)n1. The predicted octanol–water partition coefficient (Wildman–Crippen LogP) is 8.31. The Morgan fingerprint density at radius 1 is 0.961 bits per heavy atom. The minimum absolute atomic E-state index is 0.0198. The maximum Gasteiger partial charge on any atom is 0.246 e. The third-order valence-corrected chi connectivity index (χ3v) is 16.9. The molecule has 2 saturated heterocycles. The summed E-state index contributed by atoms with van der Waals surface area (Å²) in [6.45, 7) is 15.7. The summed E-state index contributed by atoms with van der Waals surface area (Å²) in [5, 5.41) is 28.6. The van der Waals surface area contributed by atoms with Crippen LogP contribution in [0.25, 0.3) is 21.6 Å². The fourth-order valence-corrected chi connectivity index (χ4v) is 11.6. The zero-order valence-electron chi connectivity index (χ0n) is 44.6. The Hall–Kier alpha value is -6.18. The van der Waals surface area contributed by atoms with Crippen LogP contribution in [0, 0.1) is 12.3 Å². The van der Waals surface area contributed by atoms with E-state index < -0.39 is 30.7 Å². The Morgan fingerprint density at radius 3 is 2.39 bits per heavy atom. The van der Waals surface area contributed by atoms with Gasteiger partial charge in [0.25, 0.3) is 0 Å². The van der Waals surface area contributed by atoms with Crippen LogP contribution in [0.1, 0.15) is 64.1 Å². The molecule has 5 heterocycles. The molecule has 3 atom stereocenters. The Kier molecular flexibility index (Phi) is 18.0. The largest absolute Gasteiger partial charge is 0.494 e. The van der Waals surface area contributed by atoms with Crippen LogP contribution in [-0.2, 0) is 32.5 Å². The summed E-state index contributed by atoms with van der Waals surface area (Å²) in [6, 6.07) is 17.8. The van der Waals surface area contributed by atoms with Gasteiger partial charge in [0, 0.05) is 105 Å². The summed E-state index contributed by atoms with van der Waals surface area (Å²) >= 11 is 5.16. The highest BCUT2D eigenvalue weighted by Crippen LogP contribution is 2.41. The lowest BCUT2D eigenvalue weighted by Gasteiger charge is -2.37. The van der Waals surface area contributed by atoms with Crippen molar-refractivity contribution in [2.24, 2.45) is 12.5 Å². The number of hydrogen-bond acceptors (Lipinski definition) is 15. The molecule has 6 aromatic rings. The summed E-state index contributed by atoms with van der Waals surface area (Å²) in [5.41, 5.74) is 8.52. The van der Waals surface area contributed by atoms with Gasteiger partial charge in [-0.2, -0.15) is 10.1 Å². The number of halogens is 1. The summed E-state index contributed by atoms with van der Waals surface area (Å²) in [4.78, 5) is 62.2. The molecule has 0 spiro atoms. The lowest BCUT2D eigenvalue weighted by molar-refractivity contribution is -0.144. The molecule has 2 aliphatic heterocycles. The number of nitrogens with zero attached hydrogens (tertiary/aromatic N) is 8. The first-order valence-electron chi connectivity index (χ1n) is 25.7. The number of methoxy groups -OCH3 is 1. The van der Waals surface area contributed by atoms with E-state index in [0.717, 1.165) is 95.1 Å². The number of β-amino-alcohol motifs (C(OH)–C–C–N with tert-alkyl or cyclic N) is 1. The first-order chi connectivity index (χ1) is 36.2. The highest BCUT2D eigenvalue weighted by molar-refractivity contribution is 9.10. The van der Waals surface area contributed by atoms with Gasteiger partial charge in [0.15, 0.2) is 0 Å². The van der Waals surface area contributed by atoms with Crippen LogP contribution in [-0.4, -0.2) is 135 Å². The second-order valence-electron chi connectivity index (χ2n) is 21.1. The lowest BCUT2D eigenvalue weighted by atomic mass is 9.85. The molecule has 18 nitrogen and oxygen atoms in total. The maximum absolute atomic E-state index is 14.2. The van der Waals surface area contributed by atoms with Gasteiger partial charge in [0.05, 0.1) is 45.7 Å². The number of anilines is 5. The third kappa shape index (κ3) is 14.0. The number of unbranched alkanes of at least 4 members (excludes halogenated alkanes) is 2. The maximum atomic E-state index is 14.2. The molecule has 3 aromatic carbocycles. The Balaban J connectivity index is 0.822. The molecule has 0 bridgehead atoms. The van der Waals surface area contributed by atoms with Gasteiger partial charge in [-0.15, -0.1) is 11.3 Å². The average molecular weight is 1140 g/mol. The van der Waals surface area contributed by atoms with Gasteiger partial charge < -0.3 is 45.5 Å². The zero-order valence-corrected chi connectivity index (χ0v) is 47.9. The number of piperazine rings is 1. The summed E-state index contributed by atoms with van der Waals surface area (Å²) < 4.78 is 21.2. The molecule has 2 aliphatic rings. The fourth-order valence-electron chi connectivity index (χ4n) is 9.60. The van der Waals surface area contributed by atoms with Gasteiger partial charge in [-0.1, -0.05) is 63.6 Å². The van der Waals surface area contributed by atoms with Gasteiger partial charge in [-0.25, -0.2) is 9.97 Å². The first-order valence-corrected chi connectivity index (χ1v) is 30.0. The van der Waals surface area contributed by atoms with Gasteiger partial charge in [0.1, 0.15) is 30.8 Å². The number of rotatable bonds is 20. The van der Waals surface area contributed by atoms with Crippen LogP contribution in [0.4, 0.5) is 28.8 Å². The molecule has 0 aliphatic carbocycles. The Labute approximate surface area is 457 Å². The predicted molar refractivity (Wildman–Crippen MR) is 306 cm³/mol. The monoisotopic (exact) mass is 1140 g/mol. The average Bonchev–Trinajstić information content (AvgIpc) is 4.15. The number of ether oxygens (including phenoxy) is 1. The number of thiazole rings is 1. The molecule has 0 saturated carbocycles. The number of aryl methyl sites for hydroxylation is 2. The van der Waals surface area contributed by atoms with Crippen molar-refractivity contribution in [3.63, 3.8) is 0 Å². The van der Waals surface area contributed by atoms with Crippen LogP contribution < -0.4 is 36.2 Å². The number of carbonyl (C=O) groups is 3. The van der Waals surface area contributed by atoms with E-state index in [9.17, 15) is 24.1 Å². The van der Waals surface area contributed by atoms with Crippen molar-refractivity contribution in [2.45, 2.75) is 84.5 Å². The highest BCUT2D eigenvalue weighted by atomic mass is 79.9. The molecular weight excluding hydrogens is 1070 g/mol. The molecule has 404 valence electrons. The minimum atomic E-state index is -2.46. The molecule has 3 aromatic heterocycles. The summed E-state index contributed by atoms with van der Waals surface area (Å²) in [5.74, 6) is 0.598. The van der Waals surface area contributed by atoms with Gasteiger partial charge in [-0.3, -0.25) is 24.0 Å². The number of nitrogens with one attached hydrogen (secondary N) is 4. The van der Waals surface area contributed by atoms with E-state index in [1.807, 2.05) is 101 Å². The van der Waals surface area contributed by atoms with E-state index in [-0.39, 0.29) is 43.7 Å². The topological polar surface area (TPSA) is 212 Å². The zero-order chi connectivity index (χ0) is 54.3. The first kappa shape index (κ1) is 56.0. The van der Waals surface area contributed by atoms with Crippen molar-refractivity contribution in [3.8, 4) is 27.3 Å². The summed E-state index contributed by atoms with van der Waals surface area (Å²) in [6.07, 6.45) is 7.51. The van der Waals surface area contributed by atoms with Crippen molar-refractivity contribution in [2.75, 3.05) is 75.2 Å². The molecule has 21 heteroatoms. The van der Waals surface area contributed by atoms with E-state index in [4.69, 9.17) is 9.72 Å². The van der Waals surface area contributed by atoms with E-state index >= 15 is 0 Å². The standard InChI is InChI=1S/C55H70BrN12O6PS/c1-35-49(76-34-59-35)37-18-16-36(17-19-37)29-57-52(71)46-26-40(69)33-68(46)53(72)50(55(2,3)4)63-48(70)15-10-9-11-20-66-21-23-67(24-22-66)45-28-47(74-6)44(27-42(45)38-30-60-65(5)32-38)62-54-58-31-43(56)51(64-54)61-39-13-12-14-41(25-39)75(7,8)73/h12-14,16-19,25,27-28,30-32,34,40,46,50,69H,9-11,15,20-24,26,29,33H2,1-8H3,(H,57,71)(H,63,70)(H2,58,61,62,64)/t40?,46?,50-/m1/s1. The molecule has 3 amide bonds. The number of hydrogen-bond donors (Lipinski definition) is 5. The smallest absolute Gasteiger partial charge is 0.246 e. The normalized spacial score (nSPS) is 16.6. The van der Waals surface area contributed by atoms with Crippen molar-refractivity contribution in [1.82, 2.24) is 45.2 Å². The van der Waals surface area contributed by atoms with Crippen LogP contribution in [0.3, 0.4) is 0 Å². The van der Waals surface area contributed by atoms with E-state index in [1.54, 1.807) is 42.7 Å². The van der Waals surface area contributed by atoms with Crippen molar-refractivity contribution >= 4 is 86.3 Å². The van der Waals surface area contributed by atoms with E-state index in [2.05, 4.69) is 74.2 Å². The van der Waals surface area contributed by atoms with Crippen LogP contribution in [0.15, 0.2) is 89.2 Å².